The van der Waals surface area contributed by atoms with E-state index in [9.17, 15) is 9.90 Å². The summed E-state index contributed by atoms with van der Waals surface area (Å²) in [5.41, 5.74) is 5.71. The van der Waals surface area contributed by atoms with Crippen molar-refractivity contribution in [2.75, 3.05) is 0 Å². The molecule has 0 heterocycles. The van der Waals surface area contributed by atoms with Crippen LogP contribution in [0.25, 0.3) is 0 Å². The van der Waals surface area contributed by atoms with Crippen molar-refractivity contribution < 1.29 is 9.90 Å². The first-order chi connectivity index (χ1) is 7.91. The van der Waals surface area contributed by atoms with E-state index in [-0.39, 0.29) is 35.4 Å². The van der Waals surface area contributed by atoms with Crippen LogP contribution in [0.4, 0.5) is 0 Å². The van der Waals surface area contributed by atoms with E-state index in [0.717, 1.165) is 25.7 Å². The minimum absolute atomic E-state index is 0.0762. The molecule has 1 amide bonds. The number of hydrogen-bond donors (Lipinski definition) is 3. The number of aliphatic hydroxyl groups is 1. The van der Waals surface area contributed by atoms with Crippen LogP contribution in [0.15, 0.2) is 0 Å². The van der Waals surface area contributed by atoms with Gasteiger partial charge in [0.15, 0.2) is 0 Å². The second-order valence-electron chi connectivity index (χ2n) is 6.26. The molecule has 0 aromatic rings. The highest BCUT2D eigenvalue weighted by molar-refractivity contribution is 5.79. The number of aliphatic hydroxyl groups excluding tert-OH is 1. The molecule has 0 bridgehead atoms. The van der Waals surface area contributed by atoms with Crippen molar-refractivity contribution in [3.63, 3.8) is 0 Å². The first-order valence-electron chi connectivity index (χ1n) is 6.65. The molecule has 4 nitrogen and oxygen atoms in total. The number of rotatable bonds is 2. The number of amides is 1. The second-order valence-corrected chi connectivity index (χ2v) is 6.26. The average Bonchev–Trinajstić information content (AvgIpc) is 2.28. The summed E-state index contributed by atoms with van der Waals surface area (Å²) in [6.07, 6.45) is 4.24. The van der Waals surface area contributed by atoms with Crippen LogP contribution in [-0.2, 0) is 4.79 Å². The molecule has 4 N–H and O–H groups in total. The van der Waals surface area contributed by atoms with Gasteiger partial charge in [-0.3, -0.25) is 4.79 Å². The van der Waals surface area contributed by atoms with E-state index in [0.29, 0.717) is 6.42 Å². The fourth-order valence-corrected chi connectivity index (χ4v) is 2.90. The highest BCUT2D eigenvalue weighted by Gasteiger charge is 2.48. The van der Waals surface area contributed by atoms with Crippen LogP contribution in [0.3, 0.4) is 0 Å². The van der Waals surface area contributed by atoms with E-state index in [2.05, 4.69) is 5.32 Å². The zero-order chi connectivity index (χ0) is 12.6. The van der Waals surface area contributed by atoms with Crippen LogP contribution in [0, 0.1) is 11.3 Å². The third-order valence-electron chi connectivity index (χ3n) is 4.62. The predicted molar refractivity (Wildman–Crippen MR) is 66.3 cm³/mol. The highest BCUT2D eigenvalue weighted by atomic mass is 16.3. The van der Waals surface area contributed by atoms with E-state index in [1.165, 1.54) is 0 Å². The Morgan fingerprint density at radius 1 is 1.35 bits per heavy atom. The van der Waals surface area contributed by atoms with E-state index in [1.54, 1.807) is 0 Å². The van der Waals surface area contributed by atoms with E-state index >= 15 is 0 Å². The topological polar surface area (TPSA) is 75.3 Å². The number of carbonyl (C=O) groups excluding carboxylic acids is 1. The number of hydrogen-bond acceptors (Lipinski definition) is 3. The van der Waals surface area contributed by atoms with Crippen molar-refractivity contribution in [3.05, 3.63) is 0 Å². The van der Waals surface area contributed by atoms with Gasteiger partial charge in [0.1, 0.15) is 0 Å². The molecule has 2 rings (SSSR count). The second kappa shape index (κ2) is 4.58. The first kappa shape index (κ1) is 12.8. The van der Waals surface area contributed by atoms with Crippen LogP contribution in [0.2, 0.25) is 0 Å². The number of nitrogens with two attached hydrogens (primary N) is 1. The van der Waals surface area contributed by atoms with Gasteiger partial charge in [0, 0.05) is 23.4 Å². The molecule has 4 heteroatoms. The van der Waals surface area contributed by atoms with Gasteiger partial charge in [-0.15, -0.1) is 0 Å². The molecule has 17 heavy (non-hydrogen) atoms. The minimum Gasteiger partial charge on any atom is -0.392 e. The van der Waals surface area contributed by atoms with Gasteiger partial charge in [-0.05, 0) is 25.7 Å². The largest absolute Gasteiger partial charge is 0.392 e. The molecule has 4 atom stereocenters. The van der Waals surface area contributed by atoms with E-state index < -0.39 is 0 Å². The molecule has 2 fully saturated rings. The average molecular weight is 240 g/mol. The SMILES string of the molecule is CC1(C)C(O)CC1NC(=O)C1CCCC(N)C1. The van der Waals surface area contributed by atoms with Crippen molar-refractivity contribution >= 4 is 5.91 Å². The van der Waals surface area contributed by atoms with E-state index in [1.807, 2.05) is 13.8 Å². The maximum Gasteiger partial charge on any atom is 0.223 e. The Labute approximate surface area is 103 Å². The Hall–Kier alpha value is -0.610. The number of carbonyl (C=O) groups is 1. The lowest BCUT2D eigenvalue weighted by Gasteiger charge is -2.49. The summed E-state index contributed by atoms with van der Waals surface area (Å²) in [4.78, 5) is 12.1. The van der Waals surface area contributed by atoms with Gasteiger partial charge in [-0.25, -0.2) is 0 Å². The van der Waals surface area contributed by atoms with Gasteiger partial charge in [-0.1, -0.05) is 20.3 Å². The van der Waals surface area contributed by atoms with Crippen LogP contribution in [0.1, 0.15) is 46.0 Å². The normalized spacial score (nSPS) is 40.5. The van der Waals surface area contributed by atoms with Crippen molar-refractivity contribution in [3.8, 4) is 0 Å². The van der Waals surface area contributed by atoms with Gasteiger partial charge in [-0.2, -0.15) is 0 Å². The van der Waals surface area contributed by atoms with Crippen molar-refractivity contribution in [1.82, 2.24) is 5.32 Å². The van der Waals surface area contributed by atoms with Crippen molar-refractivity contribution in [2.24, 2.45) is 17.1 Å². The third kappa shape index (κ3) is 2.47. The molecule has 2 aliphatic rings. The van der Waals surface area contributed by atoms with Crippen LogP contribution in [0.5, 0.6) is 0 Å². The molecule has 4 unspecified atom stereocenters. The molecule has 2 aliphatic carbocycles. The predicted octanol–water partition coefficient (Wildman–Crippen LogP) is 0.779. The molecule has 0 radical (unpaired) electrons. The smallest absolute Gasteiger partial charge is 0.223 e. The maximum absolute atomic E-state index is 12.1. The number of nitrogens with one attached hydrogen (secondary N) is 1. The first-order valence-corrected chi connectivity index (χ1v) is 6.65. The Kier molecular flexibility index (Phi) is 3.46. The van der Waals surface area contributed by atoms with Gasteiger partial charge in [0.05, 0.1) is 6.10 Å². The van der Waals surface area contributed by atoms with Crippen LogP contribution < -0.4 is 11.1 Å². The molecular formula is C13H24N2O2. The fourth-order valence-electron chi connectivity index (χ4n) is 2.90. The molecule has 0 aliphatic heterocycles. The van der Waals surface area contributed by atoms with Crippen LogP contribution in [-0.4, -0.2) is 29.2 Å². The Bertz CT molecular complexity index is 304. The molecule has 0 spiro atoms. The summed E-state index contributed by atoms with van der Waals surface area (Å²) >= 11 is 0. The summed E-state index contributed by atoms with van der Waals surface area (Å²) in [5.74, 6) is 0.206. The standard InChI is InChI=1S/C13H24N2O2/c1-13(2)10(7-11(13)16)15-12(17)8-4-3-5-9(14)6-8/h8-11,16H,3-7,14H2,1-2H3,(H,15,17). The minimum atomic E-state index is -0.290. The Morgan fingerprint density at radius 2 is 2.06 bits per heavy atom. The summed E-state index contributed by atoms with van der Waals surface area (Å²) in [5, 5.41) is 12.7. The van der Waals surface area contributed by atoms with Gasteiger partial charge in [0.2, 0.25) is 5.91 Å². The van der Waals surface area contributed by atoms with Crippen LogP contribution >= 0.6 is 0 Å². The fraction of sp³-hybridized carbons (Fsp3) is 0.923. The van der Waals surface area contributed by atoms with Crippen molar-refractivity contribution in [2.45, 2.75) is 64.1 Å². The Balaban J connectivity index is 1.85. The highest BCUT2D eigenvalue weighted by Crippen LogP contribution is 2.40. The monoisotopic (exact) mass is 240 g/mol. The molecular weight excluding hydrogens is 216 g/mol. The zero-order valence-corrected chi connectivity index (χ0v) is 10.8. The summed E-state index contributed by atoms with van der Waals surface area (Å²) < 4.78 is 0. The molecule has 2 saturated carbocycles. The molecule has 0 aromatic heterocycles. The Morgan fingerprint density at radius 3 is 2.59 bits per heavy atom. The van der Waals surface area contributed by atoms with Crippen molar-refractivity contribution in [1.29, 1.82) is 0 Å². The molecule has 98 valence electrons. The summed E-state index contributed by atoms with van der Waals surface area (Å²) in [6, 6.07) is 0.294. The van der Waals surface area contributed by atoms with Gasteiger partial charge >= 0.3 is 0 Å². The molecule has 0 saturated heterocycles. The lowest BCUT2D eigenvalue weighted by molar-refractivity contribution is -0.134. The quantitative estimate of drug-likeness (QED) is 0.667. The van der Waals surface area contributed by atoms with Gasteiger partial charge < -0.3 is 16.2 Å². The lowest BCUT2D eigenvalue weighted by atomic mass is 9.64. The summed E-state index contributed by atoms with van der Waals surface area (Å²) in [7, 11) is 0. The summed E-state index contributed by atoms with van der Waals surface area (Å²) in [6.45, 7) is 4.00. The molecule has 0 aromatic carbocycles. The third-order valence-corrected chi connectivity index (χ3v) is 4.62. The zero-order valence-electron chi connectivity index (χ0n) is 10.8. The maximum atomic E-state index is 12.1. The lowest BCUT2D eigenvalue weighted by Crippen LogP contribution is -2.62. The van der Waals surface area contributed by atoms with E-state index in [4.69, 9.17) is 5.73 Å². The van der Waals surface area contributed by atoms with Gasteiger partial charge in [0.25, 0.3) is 0 Å².